The van der Waals surface area contributed by atoms with Crippen LogP contribution >= 0.6 is 0 Å². The largest absolute Gasteiger partial charge is 0.265 e. The van der Waals surface area contributed by atoms with Crippen LogP contribution in [-0.4, -0.2) is 36.5 Å². The monoisotopic (exact) mass is 310 g/mol. The van der Waals surface area contributed by atoms with E-state index in [2.05, 4.69) is 25.8 Å². The van der Waals surface area contributed by atoms with Crippen molar-refractivity contribution >= 4 is 10.0 Å². The number of pyridine rings is 1. The standard InChI is InChI=1S/C16H26N2O2S/c1-16(2,3)8-13-21(19,20)18-11-6-15(7-12-18)14-4-9-17-10-5-14/h4-5,9-10,15H,6-8,11-13H2,1-3H3. The van der Waals surface area contributed by atoms with Gasteiger partial charge in [0.05, 0.1) is 5.75 Å². The van der Waals surface area contributed by atoms with Crippen LogP contribution in [0, 0.1) is 5.41 Å². The molecule has 118 valence electrons. The minimum atomic E-state index is -3.10. The van der Waals surface area contributed by atoms with Crippen LogP contribution in [-0.2, 0) is 10.0 Å². The molecule has 2 rings (SSSR count). The van der Waals surface area contributed by atoms with Gasteiger partial charge in [-0.1, -0.05) is 20.8 Å². The van der Waals surface area contributed by atoms with E-state index in [1.807, 2.05) is 24.5 Å². The van der Waals surface area contributed by atoms with Gasteiger partial charge in [-0.2, -0.15) is 0 Å². The molecule has 0 amide bonds. The number of hydrogen-bond acceptors (Lipinski definition) is 3. The number of rotatable bonds is 4. The molecule has 0 spiro atoms. The molecule has 4 nitrogen and oxygen atoms in total. The Balaban J connectivity index is 1.91. The lowest BCUT2D eigenvalue weighted by atomic mass is 9.91. The number of hydrogen-bond donors (Lipinski definition) is 0. The maximum Gasteiger partial charge on any atom is 0.214 e. The third-order valence-electron chi connectivity index (χ3n) is 4.13. The summed E-state index contributed by atoms with van der Waals surface area (Å²) in [6.07, 6.45) is 6.13. The van der Waals surface area contributed by atoms with Gasteiger partial charge < -0.3 is 0 Å². The van der Waals surface area contributed by atoms with Gasteiger partial charge in [0.15, 0.2) is 0 Å². The fourth-order valence-corrected chi connectivity index (χ4v) is 4.56. The molecule has 1 aliphatic rings. The average molecular weight is 310 g/mol. The summed E-state index contributed by atoms with van der Waals surface area (Å²) in [6.45, 7) is 7.52. The first-order valence-electron chi connectivity index (χ1n) is 7.66. The third kappa shape index (κ3) is 4.78. The van der Waals surface area contributed by atoms with Gasteiger partial charge in [-0.05, 0) is 48.3 Å². The maximum atomic E-state index is 12.4. The fraction of sp³-hybridized carbons (Fsp3) is 0.688. The normalized spacial score (nSPS) is 18.8. The van der Waals surface area contributed by atoms with Crippen LogP contribution in [0.5, 0.6) is 0 Å². The Morgan fingerprint density at radius 3 is 2.29 bits per heavy atom. The van der Waals surface area contributed by atoms with Crippen LogP contribution in [0.3, 0.4) is 0 Å². The Labute approximate surface area is 128 Å². The summed E-state index contributed by atoms with van der Waals surface area (Å²) in [5.74, 6) is 0.721. The molecule has 0 saturated carbocycles. The van der Waals surface area contributed by atoms with E-state index in [0.717, 1.165) is 12.8 Å². The Hall–Kier alpha value is -0.940. The number of aromatic nitrogens is 1. The predicted molar refractivity (Wildman–Crippen MR) is 85.6 cm³/mol. The van der Waals surface area contributed by atoms with Gasteiger partial charge in [0.1, 0.15) is 0 Å². The lowest BCUT2D eigenvalue weighted by Crippen LogP contribution is -2.39. The smallest absolute Gasteiger partial charge is 0.214 e. The molecule has 0 aliphatic carbocycles. The molecule has 2 heterocycles. The molecule has 21 heavy (non-hydrogen) atoms. The molecule has 1 fully saturated rings. The molecule has 0 unspecified atom stereocenters. The van der Waals surface area contributed by atoms with Crippen molar-refractivity contribution in [2.24, 2.45) is 5.41 Å². The van der Waals surface area contributed by atoms with E-state index < -0.39 is 10.0 Å². The average Bonchev–Trinajstić information content (AvgIpc) is 2.46. The van der Waals surface area contributed by atoms with Crippen LogP contribution in [0.15, 0.2) is 24.5 Å². The van der Waals surface area contributed by atoms with Gasteiger partial charge in [0, 0.05) is 25.5 Å². The minimum absolute atomic E-state index is 0.0580. The Morgan fingerprint density at radius 1 is 1.19 bits per heavy atom. The van der Waals surface area contributed by atoms with E-state index in [4.69, 9.17) is 0 Å². The molecule has 0 radical (unpaired) electrons. The van der Waals surface area contributed by atoms with E-state index in [-0.39, 0.29) is 11.2 Å². The molecule has 0 N–H and O–H groups in total. The second-order valence-electron chi connectivity index (χ2n) is 7.08. The van der Waals surface area contributed by atoms with E-state index in [9.17, 15) is 8.42 Å². The van der Waals surface area contributed by atoms with Gasteiger partial charge in [-0.15, -0.1) is 0 Å². The van der Waals surface area contributed by atoms with Crippen molar-refractivity contribution in [3.05, 3.63) is 30.1 Å². The molecule has 0 aromatic carbocycles. The topological polar surface area (TPSA) is 50.3 Å². The number of nitrogens with zero attached hydrogens (tertiary/aromatic N) is 2. The first kappa shape index (κ1) is 16.4. The van der Waals surface area contributed by atoms with Crippen LogP contribution in [0.1, 0.15) is 51.5 Å². The van der Waals surface area contributed by atoms with Crippen molar-refractivity contribution in [3.8, 4) is 0 Å². The van der Waals surface area contributed by atoms with Crippen LogP contribution in [0.4, 0.5) is 0 Å². The molecule has 5 heteroatoms. The number of sulfonamides is 1. The van der Waals surface area contributed by atoms with Crippen LogP contribution in [0.25, 0.3) is 0 Å². The van der Waals surface area contributed by atoms with Crippen molar-refractivity contribution in [1.82, 2.24) is 9.29 Å². The van der Waals surface area contributed by atoms with Gasteiger partial charge in [0.2, 0.25) is 10.0 Å². The lowest BCUT2D eigenvalue weighted by Gasteiger charge is -2.32. The molecule has 1 aromatic rings. The second-order valence-corrected chi connectivity index (χ2v) is 9.17. The van der Waals surface area contributed by atoms with Crippen molar-refractivity contribution in [2.75, 3.05) is 18.8 Å². The van der Waals surface area contributed by atoms with Crippen molar-refractivity contribution in [3.63, 3.8) is 0 Å². The Morgan fingerprint density at radius 2 is 1.76 bits per heavy atom. The van der Waals surface area contributed by atoms with Crippen LogP contribution in [0.2, 0.25) is 0 Å². The fourth-order valence-electron chi connectivity index (χ4n) is 2.67. The zero-order chi connectivity index (χ0) is 15.5. The molecular formula is C16H26N2O2S. The molecule has 0 bridgehead atoms. The van der Waals surface area contributed by atoms with Gasteiger partial charge in [0.25, 0.3) is 0 Å². The highest BCUT2D eigenvalue weighted by Gasteiger charge is 2.29. The minimum Gasteiger partial charge on any atom is -0.265 e. The second kappa shape index (κ2) is 6.44. The summed E-state index contributed by atoms with van der Waals surface area (Å²) in [6, 6.07) is 4.07. The van der Waals surface area contributed by atoms with Gasteiger partial charge in [-0.25, -0.2) is 12.7 Å². The van der Waals surface area contributed by atoms with Crippen molar-refractivity contribution in [2.45, 2.75) is 46.0 Å². The summed E-state index contributed by atoms with van der Waals surface area (Å²) in [4.78, 5) is 4.04. The molecule has 1 saturated heterocycles. The molecule has 0 atom stereocenters. The quantitative estimate of drug-likeness (QED) is 0.859. The molecular weight excluding hydrogens is 284 g/mol. The van der Waals surface area contributed by atoms with Crippen LogP contribution < -0.4 is 0 Å². The highest BCUT2D eigenvalue weighted by atomic mass is 32.2. The van der Waals surface area contributed by atoms with E-state index in [1.165, 1.54) is 5.56 Å². The Kier molecular flexibility index (Phi) is 5.04. The number of piperidine rings is 1. The summed E-state index contributed by atoms with van der Waals surface area (Å²) in [7, 11) is -3.10. The molecule has 1 aromatic heterocycles. The maximum absolute atomic E-state index is 12.4. The summed E-state index contributed by atoms with van der Waals surface area (Å²) < 4.78 is 26.5. The Bertz CT molecular complexity index is 541. The molecule has 1 aliphatic heterocycles. The first-order valence-corrected chi connectivity index (χ1v) is 9.27. The highest BCUT2D eigenvalue weighted by molar-refractivity contribution is 7.89. The summed E-state index contributed by atoms with van der Waals surface area (Å²) in [5, 5.41) is 0. The van der Waals surface area contributed by atoms with Crippen molar-refractivity contribution < 1.29 is 8.42 Å². The first-order chi connectivity index (χ1) is 9.78. The summed E-state index contributed by atoms with van der Waals surface area (Å²) in [5.41, 5.74) is 1.33. The summed E-state index contributed by atoms with van der Waals surface area (Å²) >= 11 is 0. The lowest BCUT2D eigenvalue weighted by molar-refractivity contribution is 0.315. The third-order valence-corrected chi connectivity index (χ3v) is 6.01. The zero-order valence-electron chi connectivity index (χ0n) is 13.2. The predicted octanol–water partition coefficient (Wildman–Crippen LogP) is 3.03. The van der Waals surface area contributed by atoms with Gasteiger partial charge >= 0.3 is 0 Å². The van der Waals surface area contributed by atoms with E-state index in [1.54, 1.807) is 4.31 Å². The van der Waals surface area contributed by atoms with Gasteiger partial charge in [-0.3, -0.25) is 4.98 Å². The van der Waals surface area contributed by atoms with Crippen molar-refractivity contribution in [1.29, 1.82) is 0 Å². The highest BCUT2D eigenvalue weighted by Crippen LogP contribution is 2.29. The van der Waals surface area contributed by atoms with E-state index >= 15 is 0 Å². The SMILES string of the molecule is CC(C)(C)CCS(=O)(=O)N1CCC(c2ccncc2)CC1. The van der Waals surface area contributed by atoms with E-state index in [0.29, 0.717) is 25.4 Å². The zero-order valence-corrected chi connectivity index (χ0v) is 14.1.